The summed E-state index contributed by atoms with van der Waals surface area (Å²) in [6.45, 7) is 2.29. The predicted octanol–water partition coefficient (Wildman–Crippen LogP) is 5.35. The number of para-hydroxylation sites is 1. The number of aryl methyl sites for hydroxylation is 2. The second-order valence-corrected chi connectivity index (χ2v) is 9.46. The molecule has 1 aromatic heterocycles. The van der Waals surface area contributed by atoms with Crippen LogP contribution in [-0.4, -0.2) is 35.4 Å². The third-order valence-corrected chi connectivity index (χ3v) is 7.07. The van der Waals surface area contributed by atoms with Gasteiger partial charge in [0.05, 0.1) is 30.9 Å². The highest BCUT2D eigenvalue weighted by atomic mass is 35.5. The highest BCUT2D eigenvalue weighted by Crippen LogP contribution is 2.28. The van der Waals surface area contributed by atoms with Crippen molar-refractivity contribution in [1.29, 1.82) is 0 Å². The largest absolute Gasteiger partial charge is 0.493 e. The van der Waals surface area contributed by atoms with Gasteiger partial charge in [-0.15, -0.1) is 0 Å². The molecule has 0 radical (unpaired) electrons. The molecule has 186 valence electrons. The first-order valence-electron chi connectivity index (χ1n) is 11.3. The Kier molecular flexibility index (Phi) is 8.18. The number of aromatic nitrogens is 2. The molecule has 9 heteroatoms. The number of fused-ring (bicyclic) bond motifs is 1. The van der Waals surface area contributed by atoms with Gasteiger partial charge in [0, 0.05) is 17.3 Å². The monoisotopic (exact) mass is 523 g/mol. The van der Waals surface area contributed by atoms with Crippen LogP contribution in [0.4, 0.5) is 5.69 Å². The third kappa shape index (κ3) is 5.83. The Morgan fingerprint density at radius 2 is 1.83 bits per heavy atom. The molecular weight excluding hydrogens is 498 g/mol. The topological polar surface area (TPSA) is 82.5 Å². The Labute approximate surface area is 218 Å². The molecule has 0 aliphatic carbocycles. The van der Waals surface area contributed by atoms with Gasteiger partial charge in [-0.05, 0) is 60.9 Å². The number of nitrogens with one attached hydrogen (secondary N) is 1. The molecule has 0 atom stereocenters. The number of benzene rings is 3. The SMILES string of the molecule is COc1ccc(CCn2c(SCC(=O)Nc3ccc(C)c(Cl)c3)nc3ccccc3c2=O)cc1OC. The average Bonchev–Trinajstić information content (AvgIpc) is 2.89. The second kappa shape index (κ2) is 11.5. The molecule has 0 fully saturated rings. The molecule has 36 heavy (non-hydrogen) atoms. The van der Waals surface area contributed by atoms with Gasteiger partial charge in [0.2, 0.25) is 5.91 Å². The van der Waals surface area contributed by atoms with E-state index in [-0.39, 0.29) is 17.2 Å². The zero-order valence-electron chi connectivity index (χ0n) is 20.2. The molecule has 7 nitrogen and oxygen atoms in total. The molecule has 0 unspecified atom stereocenters. The number of hydrogen-bond donors (Lipinski definition) is 1. The van der Waals surface area contributed by atoms with Crippen LogP contribution in [0.2, 0.25) is 5.02 Å². The van der Waals surface area contributed by atoms with Crippen LogP contribution >= 0.6 is 23.4 Å². The summed E-state index contributed by atoms with van der Waals surface area (Å²) in [6, 6.07) is 18.3. The Bertz CT molecular complexity index is 1470. The van der Waals surface area contributed by atoms with E-state index in [0.717, 1.165) is 11.1 Å². The fourth-order valence-corrected chi connectivity index (χ4v) is 4.74. The summed E-state index contributed by atoms with van der Waals surface area (Å²) >= 11 is 7.39. The summed E-state index contributed by atoms with van der Waals surface area (Å²) in [6.07, 6.45) is 0.571. The second-order valence-electron chi connectivity index (χ2n) is 8.11. The van der Waals surface area contributed by atoms with Crippen LogP contribution in [0, 0.1) is 6.92 Å². The van der Waals surface area contributed by atoms with Crippen LogP contribution in [0.25, 0.3) is 10.9 Å². The summed E-state index contributed by atoms with van der Waals surface area (Å²) in [5.41, 5.74) is 2.99. The lowest BCUT2D eigenvalue weighted by molar-refractivity contribution is -0.113. The Hall–Kier alpha value is -3.49. The van der Waals surface area contributed by atoms with Gasteiger partial charge in [-0.25, -0.2) is 4.98 Å². The molecule has 0 aliphatic heterocycles. The van der Waals surface area contributed by atoms with Crippen molar-refractivity contribution in [3.05, 3.63) is 87.2 Å². The molecule has 3 aromatic carbocycles. The number of nitrogens with zero attached hydrogens (tertiary/aromatic N) is 2. The van der Waals surface area contributed by atoms with Crippen molar-refractivity contribution in [2.24, 2.45) is 0 Å². The quantitative estimate of drug-likeness (QED) is 0.235. The first-order chi connectivity index (χ1) is 17.4. The highest BCUT2D eigenvalue weighted by molar-refractivity contribution is 7.99. The van der Waals surface area contributed by atoms with Crippen LogP contribution in [0.15, 0.2) is 70.6 Å². The van der Waals surface area contributed by atoms with Crippen LogP contribution < -0.4 is 20.3 Å². The van der Waals surface area contributed by atoms with Gasteiger partial charge in [-0.2, -0.15) is 0 Å². The molecule has 1 amide bonds. The number of amides is 1. The molecule has 0 spiro atoms. The number of ether oxygens (including phenoxy) is 2. The first kappa shape index (κ1) is 25.6. The van der Waals surface area contributed by atoms with Gasteiger partial charge in [-0.1, -0.05) is 47.6 Å². The van der Waals surface area contributed by atoms with E-state index in [9.17, 15) is 9.59 Å². The van der Waals surface area contributed by atoms with Crippen molar-refractivity contribution in [2.75, 3.05) is 25.3 Å². The van der Waals surface area contributed by atoms with Gasteiger partial charge in [0.1, 0.15) is 0 Å². The highest BCUT2D eigenvalue weighted by Gasteiger charge is 2.14. The average molecular weight is 524 g/mol. The Morgan fingerprint density at radius 1 is 1.06 bits per heavy atom. The zero-order chi connectivity index (χ0) is 25.7. The van der Waals surface area contributed by atoms with Gasteiger partial charge >= 0.3 is 0 Å². The maximum atomic E-state index is 13.3. The van der Waals surface area contributed by atoms with Crippen molar-refractivity contribution in [3.63, 3.8) is 0 Å². The summed E-state index contributed by atoms with van der Waals surface area (Å²) in [5, 5.41) is 4.45. The zero-order valence-corrected chi connectivity index (χ0v) is 21.8. The van der Waals surface area contributed by atoms with E-state index in [1.54, 1.807) is 43.1 Å². The molecule has 0 saturated carbocycles. The molecule has 4 rings (SSSR count). The van der Waals surface area contributed by atoms with E-state index in [1.165, 1.54) is 11.8 Å². The molecule has 1 heterocycles. The number of anilines is 1. The van der Waals surface area contributed by atoms with Gasteiger partial charge in [0.15, 0.2) is 16.7 Å². The summed E-state index contributed by atoms with van der Waals surface area (Å²) in [4.78, 5) is 30.7. The van der Waals surface area contributed by atoms with Crippen LogP contribution in [-0.2, 0) is 17.8 Å². The molecular formula is C27H26ClN3O4S. The minimum atomic E-state index is -0.214. The van der Waals surface area contributed by atoms with Crippen molar-refractivity contribution in [1.82, 2.24) is 9.55 Å². The number of thioether (sulfide) groups is 1. The fraction of sp³-hybridized carbons (Fsp3) is 0.222. The number of methoxy groups -OCH3 is 2. The van der Waals surface area contributed by atoms with Gasteiger partial charge < -0.3 is 14.8 Å². The Morgan fingerprint density at radius 3 is 2.58 bits per heavy atom. The lowest BCUT2D eigenvalue weighted by Crippen LogP contribution is -2.25. The predicted molar refractivity (Wildman–Crippen MR) is 145 cm³/mol. The summed E-state index contributed by atoms with van der Waals surface area (Å²) in [5.74, 6) is 1.14. The maximum absolute atomic E-state index is 13.3. The number of halogens is 1. The minimum absolute atomic E-state index is 0.0899. The molecule has 1 N–H and O–H groups in total. The lowest BCUT2D eigenvalue weighted by Gasteiger charge is -2.14. The van der Waals surface area contributed by atoms with E-state index in [2.05, 4.69) is 5.32 Å². The normalized spacial score (nSPS) is 10.9. The summed E-state index contributed by atoms with van der Waals surface area (Å²) in [7, 11) is 3.18. The maximum Gasteiger partial charge on any atom is 0.262 e. The van der Waals surface area contributed by atoms with Crippen LogP contribution in [0.1, 0.15) is 11.1 Å². The van der Waals surface area contributed by atoms with Crippen LogP contribution in [0.3, 0.4) is 0 Å². The number of hydrogen-bond acceptors (Lipinski definition) is 6. The van der Waals surface area contributed by atoms with Gasteiger partial charge in [-0.3, -0.25) is 14.2 Å². The van der Waals surface area contributed by atoms with Crippen molar-refractivity contribution < 1.29 is 14.3 Å². The lowest BCUT2D eigenvalue weighted by atomic mass is 10.1. The van der Waals surface area contributed by atoms with Crippen molar-refractivity contribution >= 4 is 45.9 Å². The Balaban J connectivity index is 1.56. The molecule has 4 aromatic rings. The smallest absolute Gasteiger partial charge is 0.262 e. The molecule has 0 aliphatic rings. The number of carbonyl (C=O) groups excluding carboxylic acids is 1. The van der Waals surface area contributed by atoms with Crippen molar-refractivity contribution in [2.45, 2.75) is 25.0 Å². The van der Waals surface area contributed by atoms with E-state index >= 15 is 0 Å². The minimum Gasteiger partial charge on any atom is -0.493 e. The molecule has 0 bridgehead atoms. The van der Waals surface area contributed by atoms with E-state index in [4.69, 9.17) is 26.1 Å². The summed E-state index contributed by atoms with van der Waals surface area (Å²) < 4.78 is 12.3. The van der Waals surface area contributed by atoms with E-state index in [0.29, 0.717) is 51.2 Å². The standard InChI is InChI=1S/C27H26ClN3O4S/c1-17-8-10-19(15-21(17)28)29-25(32)16-36-27-30-22-7-5-4-6-20(22)26(33)31(27)13-12-18-9-11-23(34-2)24(14-18)35-3/h4-11,14-15H,12-13,16H2,1-3H3,(H,29,32). The fourth-order valence-electron chi connectivity index (χ4n) is 3.73. The molecule has 0 saturated heterocycles. The third-order valence-electron chi connectivity index (χ3n) is 5.69. The van der Waals surface area contributed by atoms with E-state index < -0.39 is 0 Å². The van der Waals surface area contributed by atoms with E-state index in [1.807, 2.05) is 43.3 Å². The van der Waals surface area contributed by atoms with Crippen molar-refractivity contribution in [3.8, 4) is 11.5 Å². The number of rotatable bonds is 9. The van der Waals surface area contributed by atoms with Crippen LogP contribution in [0.5, 0.6) is 11.5 Å². The van der Waals surface area contributed by atoms with Gasteiger partial charge in [0.25, 0.3) is 5.56 Å². The number of carbonyl (C=O) groups is 1. The first-order valence-corrected chi connectivity index (χ1v) is 12.6.